The molecule has 0 spiro atoms. The third kappa shape index (κ3) is 5.29. The minimum Gasteiger partial charge on any atom is -0.497 e. The maximum absolute atomic E-state index is 13.0. The Kier molecular flexibility index (Phi) is 6.54. The summed E-state index contributed by atoms with van der Waals surface area (Å²) in [6.45, 7) is 1.79. The molecule has 1 heterocycles. The summed E-state index contributed by atoms with van der Waals surface area (Å²) in [6, 6.07) is 17.1. The van der Waals surface area contributed by atoms with Gasteiger partial charge < -0.3 is 24.5 Å². The molecule has 1 aromatic heterocycles. The number of methoxy groups -OCH3 is 2. The van der Waals surface area contributed by atoms with E-state index in [0.717, 1.165) is 0 Å². The van der Waals surface area contributed by atoms with Crippen LogP contribution in [0.5, 0.6) is 11.5 Å². The van der Waals surface area contributed by atoms with Gasteiger partial charge in [-0.25, -0.2) is 0 Å². The number of carbonyl (C=O) groups is 2. The van der Waals surface area contributed by atoms with E-state index in [-0.39, 0.29) is 5.70 Å². The molecule has 0 saturated carbocycles. The second kappa shape index (κ2) is 9.47. The Labute approximate surface area is 174 Å². The minimum absolute atomic E-state index is 0.0278. The first-order chi connectivity index (χ1) is 14.5. The van der Waals surface area contributed by atoms with Gasteiger partial charge in [0.1, 0.15) is 28.7 Å². The zero-order valence-corrected chi connectivity index (χ0v) is 16.9. The van der Waals surface area contributed by atoms with Gasteiger partial charge in [0.15, 0.2) is 0 Å². The molecule has 3 aromatic rings. The number of hydrogen-bond acceptors (Lipinski definition) is 5. The number of rotatable bonds is 7. The fraction of sp³-hybridized carbons (Fsp3) is 0.130. The highest BCUT2D eigenvalue weighted by molar-refractivity contribution is 6.10. The Balaban J connectivity index is 1.88. The van der Waals surface area contributed by atoms with Gasteiger partial charge in [-0.15, -0.1) is 0 Å². The first kappa shape index (κ1) is 20.7. The zero-order chi connectivity index (χ0) is 21.5. The van der Waals surface area contributed by atoms with Crippen LogP contribution in [0.3, 0.4) is 0 Å². The Hall–Kier alpha value is -4.00. The van der Waals surface area contributed by atoms with Crippen LogP contribution in [0.15, 0.2) is 70.8 Å². The third-order valence-corrected chi connectivity index (χ3v) is 4.19. The van der Waals surface area contributed by atoms with Gasteiger partial charge in [0.05, 0.1) is 14.2 Å². The summed E-state index contributed by atoms with van der Waals surface area (Å²) in [5.74, 6) is 1.23. The summed E-state index contributed by atoms with van der Waals surface area (Å²) >= 11 is 0. The van der Waals surface area contributed by atoms with E-state index in [9.17, 15) is 9.59 Å². The summed E-state index contributed by atoms with van der Waals surface area (Å²) < 4.78 is 16.0. The van der Waals surface area contributed by atoms with Crippen molar-refractivity contribution in [3.63, 3.8) is 0 Å². The minimum atomic E-state index is -0.524. The predicted molar refractivity (Wildman–Crippen MR) is 114 cm³/mol. The van der Waals surface area contributed by atoms with Gasteiger partial charge >= 0.3 is 0 Å². The molecule has 0 aliphatic rings. The summed E-state index contributed by atoms with van der Waals surface area (Å²) in [5.41, 5.74) is 0.904. The number of furan rings is 1. The highest BCUT2D eigenvalue weighted by atomic mass is 16.5. The summed E-state index contributed by atoms with van der Waals surface area (Å²) in [7, 11) is 3.04. The molecule has 30 heavy (non-hydrogen) atoms. The molecule has 154 valence electrons. The van der Waals surface area contributed by atoms with E-state index >= 15 is 0 Å². The molecule has 2 amide bonds. The Morgan fingerprint density at radius 2 is 1.60 bits per heavy atom. The van der Waals surface area contributed by atoms with Gasteiger partial charge in [0, 0.05) is 35.5 Å². The van der Waals surface area contributed by atoms with Crippen LogP contribution in [0.1, 0.15) is 21.9 Å². The van der Waals surface area contributed by atoms with Gasteiger partial charge in [0.2, 0.25) is 0 Å². The maximum atomic E-state index is 13.0. The molecule has 0 bridgehead atoms. The highest BCUT2D eigenvalue weighted by Gasteiger charge is 2.16. The number of hydrogen-bond donors (Lipinski definition) is 2. The van der Waals surface area contributed by atoms with E-state index in [0.29, 0.717) is 34.3 Å². The average molecular weight is 406 g/mol. The lowest BCUT2D eigenvalue weighted by molar-refractivity contribution is -0.113. The number of aryl methyl sites for hydroxylation is 1. The van der Waals surface area contributed by atoms with E-state index < -0.39 is 11.8 Å². The molecule has 2 N–H and O–H groups in total. The summed E-state index contributed by atoms with van der Waals surface area (Å²) in [5, 5.41) is 5.41. The molecule has 0 atom stereocenters. The molecule has 0 saturated heterocycles. The molecule has 0 unspecified atom stereocenters. The maximum Gasteiger partial charge on any atom is 0.272 e. The molecule has 3 rings (SSSR count). The van der Waals surface area contributed by atoms with Crippen molar-refractivity contribution in [1.82, 2.24) is 5.32 Å². The van der Waals surface area contributed by atoms with Gasteiger partial charge in [-0.3, -0.25) is 9.59 Å². The first-order valence-electron chi connectivity index (χ1n) is 9.17. The van der Waals surface area contributed by atoms with Crippen LogP contribution in [0.2, 0.25) is 0 Å². The topological polar surface area (TPSA) is 89.8 Å². The molecule has 7 nitrogen and oxygen atoms in total. The van der Waals surface area contributed by atoms with Crippen LogP contribution in [-0.4, -0.2) is 26.0 Å². The van der Waals surface area contributed by atoms with E-state index in [1.807, 2.05) is 6.07 Å². The molecule has 0 radical (unpaired) electrons. The zero-order valence-electron chi connectivity index (χ0n) is 16.9. The van der Waals surface area contributed by atoms with E-state index in [1.165, 1.54) is 20.3 Å². The molecule has 2 aromatic carbocycles. The lowest BCUT2D eigenvalue weighted by atomic mass is 10.2. The monoisotopic (exact) mass is 406 g/mol. The van der Waals surface area contributed by atoms with E-state index in [4.69, 9.17) is 13.9 Å². The fourth-order valence-electron chi connectivity index (χ4n) is 2.69. The SMILES string of the molecule is COc1cc(NC(=O)/C(=C\c2ccc(C)o2)NC(=O)c2ccccc2)cc(OC)c1. The van der Waals surface area contributed by atoms with Crippen LogP contribution in [0, 0.1) is 6.92 Å². The van der Waals surface area contributed by atoms with Gasteiger partial charge in [0.25, 0.3) is 11.8 Å². The average Bonchev–Trinajstić information content (AvgIpc) is 3.18. The molecular formula is C23H22N2O5. The Bertz CT molecular complexity index is 1050. The van der Waals surface area contributed by atoms with Crippen molar-refractivity contribution in [3.05, 3.63) is 83.4 Å². The summed E-state index contributed by atoms with van der Waals surface area (Å²) in [6.07, 6.45) is 1.47. The number of anilines is 1. The van der Waals surface area contributed by atoms with E-state index in [1.54, 1.807) is 61.5 Å². The second-order valence-corrected chi connectivity index (χ2v) is 6.38. The Morgan fingerprint density at radius 1 is 0.933 bits per heavy atom. The predicted octanol–water partition coefficient (Wildman–Crippen LogP) is 4.01. The number of nitrogens with one attached hydrogen (secondary N) is 2. The van der Waals surface area contributed by atoms with Gasteiger partial charge in [-0.05, 0) is 31.2 Å². The van der Waals surface area contributed by atoms with Crippen molar-refractivity contribution in [3.8, 4) is 11.5 Å². The van der Waals surface area contributed by atoms with Crippen molar-refractivity contribution in [2.45, 2.75) is 6.92 Å². The quantitative estimate of drug-likeness (QED) is 0.579. The normalized spacial score (nSPS) is 11.0. The van der Waals surface area contributed by atoms with Crippen molar-refractivity contribution in [1.29, 1.82) is 0 Å². The number of benzene rings is 2. The highest BCUT2D eigenvalue weighted by Crippen LogP contribution is 2.26. The largest absolute Gasteiger partial charge is 0.497 e. The number of ether oxygens (including phenoxy) is 2. The van der Waals surface area contributed by atoms with Crippen molar-refractivity contribution in [2.24, 2.45) is 0 Å². The van der Waals surface area contributed by atoms with Gasteiger partial charge in [-0.1, -0.05) is 18.2 Å². The molecule has 0 aliphatic heterocycles. The van der Waals surface area contributed by atoms with Gasteiger partial charge in [-0.2, -0.15) is 0 Å². The molecule has 7 heteroatoms. The smallest absolute Gasteiger partial charge is 0.272 e. The van der Waals surface area contributed by atoms with Crippen LogP contribution in [0.25, 0.3) is 6.08 Å². The lowest BCUT2D eigenvalue weighted by Gasteiger charge is -2.13. The molecular weight excluding hydrogens is 384 g/mol. The second-order valence-electron chi connectivity index (χ2n) is 6.38. The number of carbonyl (C=O) groups excluding carboxylic acids is 2. The first-order valence-corrected chi connectivity index (χ1v) is 9.17. The summed E-state index contributed by atoms with van der Waals surface area (Å²) in [4.78, 5) is 25.6. The van der Waals surface area contributed by atoms with E-state index in [2.05, 4.69) is 10.6 Å². The Morgan fingerprint density at radius 3 is 2.17 bits per heavy atom. The van der Waals surface area contributed by atoms with Crippen molar-refractivity contribution >= 4 is 23.6 Å². The van der Waals surface area contributed by atoms with Crippen LogP contribution in [-0.2, 0) is 4.79 Å². The lowest BCUT2D eigenvalue weighted by Crippen LogP contribution is -2.30. The van der Waals surface area contributed by atoms with Crippen molar-refractivity contribution < 1.29 is 23.5 Å². The third-order valence-electron chi connectivity index (χ3n) is 4.19. The molecule has 0 fully saturated rings. The number of amides is 2. The van der Waals surface area contributed by atoms with Crippen LogP contribution < -0.4 is 20.1 Å². The molecule has 0 aliphatic carbocycles. The fourth-order valence-corrected chi connectivity index (χ4v) is 2.69. The van der Waals surface area contributed by atoms with Crippen LogP contribution >= 0.6 is 0 Å². The standard InChI is InChI=1S/C23H22N2O5/c1-15-9-10-18(30-15)14-21(25-22(26)16-7-5-4-6-8-16)23(27)24-17-11-19(28-2)13-20(12-17)29-3/h4-14H,1-3H3,(H,24,27)(H,25,26)/b21-14+. The van der Waals surface area contributed by atoms with Crippen LogP contribution in [0.4, 0.5) is 5.69 Å². The van der Waals surface area contributed by atoms with Crippen molar-refractivity contribution in [2.75, 3.05) is 19.5 Å².